The number of hydrogen-bond donors (Lipinski definition) is 2. The Balaban J connectivity index is 2.71. The smallest absolute Gasteiger partial charge is 0.192 e. The molecule has 0 aliphatic carbocycles. The highest BCUT2D eigenvalue weighted by Crippen LogP contribution is 2.37. The van der Waals surface area contributed by atoms with Gasteiger partial charge in [0.2, 0.25) is 0 Å². The molecule has 0 aromatic carbocycles. The van der Waals surface area contributed by atoms with Crippen LogP contribution < -0.4 is 5.43 Å². The zero-order valence-electron chi connectivity index (χ0n) is 13.3. The zero-order valence-corrected chi connectivity index (χ0v) is 14.3. The second kappa shape index (κ2) is 5.93. The van der Waals surface area contributed by atoms with Crippen LogP contribution in [-0.2, 0) is 4.43 Å². The topological polar surface area (TPSA) is 53.9 Å². The number of hydrogen-bond acceptors (Lipinski definition) is 4. The lowest BCUT2D eigenvalue weighted by Crippen LogP contribution is -2.56. The highest BCUT2D eigenvalue weighted by Gasteiger charge is 2.44. The average Bonchev–Trinajstić information content (AvgIpc) is 2.75. The van der Waals surface area contributed by atoms with Gasteiger partial charge in [0, 0.05) is 12.6 Å². The van der Waals surface area contributed by atoms with Crippen molar-refractivity contribution in [3.63, 3.8) is 0 Å². The van der Waals surface area contributed by atoms with Crippen molar-refractivity contribution < 1.29 is 9.53 Å². The van der Waals surface area contributed by atoms with E-state index in [4.69, 9.17) is 4.43 Å². The summed E-state index contributed by atoms with van der Waals surface area (Å²) in [4.78, 5) is 0. The van der Waals surface area contributed by atoms with Crippen LogP contribution in [0.1, 0.15) is 47.0 Å². The number of nitrogens with one attached hydrogen (secondary N) is 1. The lowest BCUT2D eigenvalue weighted by atomic mass is 9.89. The van der Waals surface area contributed by atoms with Gasteiger partial charge in [-0.15, -0.1) is 0 Å². The van der Waals surface area contributed by atoms with Gasteiger partial charge in [-0.25, -0.2) is 0 Å². The molecule has 0 aromatic heterocycles. The molecule has 0 unspecified atom stereocenters. The maximum absolute atomic E-state index is 10.4. The molecule has 0 saturated carbocycles. The third kappa shape index (κ3) is 3.80. The normalized spacial score (nSPS) is 25.4. The quantitative estimate of drug-likeness (QED) is 0.738. The number of aliphatic hydroxyl groups excluding tert-OH is 1. The van der Waals surface area contributed by atoms with Crippen molar-refractivity contribution in [2.75, 3.05) is 6.61 Å². The molecule has 0 radical (unpaired) electrons. The molecule has 4 nitrogen and oxygen atoms in total. The number of aliphatic hydroxyl groups is 1. The maximum Gasteiger partial charge on any atom is 0.192 e. The van der Waals surface area contributed by atoms with Gasteiger partial charge in [-0.1, -0.05) is 34.1 Å². The highest BCUT2D eigenvalue weighted by molar-refractivity contribution is 6.74. The number of rotatable bonds is 6. The third-order valence-electron chi connectivity index (χ3n) is 4.53. The zero-order chi connectivity index (χ0) is 14.7. The minimum Gasteiger partial charge on any atom is -0.414 e. The van der Waals surface area contributed by atoms with Gasteiger partial charge in [-0.05, 0) is 24.6 Å². The van der Waals surface area contributed by atoms with Crippen LogP contribution in [0.3, 0.4) is 0 Å². The van der Waals surface area contributed by atoms with Gasteiger partial charge in [0.1, 0.15) is 5.54 Å². The van der Waals surface area contributed by atoms with E-state index < -0.39 is 20.0 Å². The Kier molecular flexibility index (Phi) is 5.20. The minimum atomic E-state index is -1.79. The Morgan fingerprint density at radius 1 is 1.47 bits per heavy atom. The summed E-state index contributed by atoms with van der Waals surface area (Å²) in [6, 6.07) is 0. The Morgan fingerprint density at radius 2 is 2.11 bits per heavy atom. The van der Waals surface area contributed by atoms with E-state index in [1.165, 1.54) is 0 Å². The van der Waals surface area contributed by atoms with Crippen molar-refractivity contribution in [2.45, 2.75) is 76.7 Å². The van der Waals surface area contributed by atoms with Gasteiger partial charge >= 0.3 is 0 Å². The standard InChI is InChI=1S/C14H30N2O2Si/c1-7-8-12(17)14(9-10-15-16-14)11-18-19(5,6)13(2,3)4/h10,12,16-17H,7-9,11H2,1-6H3/t12-,14-/m1/s1. The predicted molar refractivity (Wildman–Crippen MR) is 83.0 cm³/mol. The van der Waals surface area contributed by atoms with Crippen LogP contribution in [-0.4, -0.2) is 37.9 Å². The van der Waals surface area contributed by atoms with Gasteiger partial charge in [0.25, 0.3) is 0 Å². The molecular weight excluding hydrogens is 256 g/mol. The number of nitrogens with zero attached hydrogens (tertiary/aromatic N) is 1. The first-order valence-corrected chi connectivity index (χ1v) is 10.2. The monoisotopic (exact) mass is 286 g/mol. The van der Waals surface area contributed by atoms with E-state index >= 15 is 0 Å². The summed E-state index contributed by atoms with van der Waals surface area (Å²) in [7, 11) is -1.79. The fourth-order valence-corrected chi connectivity index (χ4v) is 2.95. The minimum absolute atomic E-state index is 0.184. The summed E-state index contributed by atoms with van der Waals surface area (Å²) in [6.45, 7) is 13.8. The van der Waals surface area contributed by atoms with E-state index in [0.717, 1.165) is 19.3 Å². The Hall–Kier alpha value is -0.393. The third-order valence-corrected chi connectivity index (χ3v) is 9.01. The Morgan fingerprint density at radius 3 is 2.53 bits per heavy atom. The van der Waals surface area contributed by atoms with E-state index in [0.29, 0.717) is 6.61 Å². The summed E-state index contributed by atoms with van der Waals surface area (Å²) in [6.07, 6.45) is 3.91. The molecule has 0 aromatic rings. The first-order valence-electron chi connectivity index (χ1n) is 7.25. The molecule has 0 saturated heterocycles. The second-order valence-electron chi connectivity index (χ2n) is 7.14. The number of hydrazone groups is 1. The fourth-order valence-electron chi connectivity index (χ4n) is 1.90. The van der Waals surface area contributed by atoms with Gasteiger partial charge in [-0.2, -0.15) is 5.10 Å². The highest BCUT2D eigenvalue weighted by atomic mass is 28.4. The summed E-state index contributed by atoms with van der Waals surface area (Å²) in [5, 5.41) is 14.7. The molecule has 0 spiro atoms. The molecule has 19 heavy (non-hydrogen) atoms. The van der Waals surface area contributed by atoms with E-state index in [9.17, 15) is 5.11 Å². The van der Waals surface area contributed by atoms with Crippen molar-refractivity contribution in [1.82, 2.24) is 5.43 Å². The molecule has 5 heteroatoms. The van der Waals surface area contributed by atoms with Gasteiger partial charge in [-0.3, -0.25) is 5.43 Å². The molecule has 1 aliphatic rings. The lowest BCUT2D eigenvalue weighted by molar-refractivity contribution is 0.0269. The molecule has 1 heterocycles. The van der Waals surface area contributed by atoms with Gasteiger partial charge in [0.15, 0.2) is 8.32 Å². The summed E-state index contributed by atoms with van der Waals surface area (Å²) < 4.78 is 6.29. The van der Waals surface area contributed by atoms with Crippen LogP contribution in [0.2, 0.25) is 18.1 Å². The first-order chi connectivity index (χ1) is 8.65. The SMILES string of the molecule is CCC[C@@H](O)[C@]1(CO[Si](C)(C)C(C)(C)C)CC=NN1. The van der Waals surface area contributed by atoms with Crippen LogP contribution in [0.4, 0.5) is 0 Å². The van der Waals surface area contributed by atoms with Crippen LogP contribution in [0.25, 0.3) is 0 Å². The van der Waals surface area contributed by atoms with E-state index in [1.54, 1.807) is 0 Å². The predicted octanol–water partition coefficient (Wildman–Crippen LogP) is 2.89. The van der Waals surface area contributed by atoms with Gasteiger partial charge < -0.3 is 9.53 Å². The van der Waals surface area contributed by atoms with Crippen molar-refractivity contribution in [3.05, 3.63) is 0 Å². The van der Waals surface area contributed by atoms with Crippen LogP contribution in [0, 0.1) is 0 Å². The van der Waals surface area contributed by atoms with Crippen LogP contribution in [0.5, 0.6) is 0 Å². The van der Waals surface area contributed by atoms with Crippen molar-refractivity contribution in [2.24, 2.45) is 5.10 Å². The van der Waals surface area contributed by atoms with Crippen molar-refractivity contribution in [1.29, 1.82) is 0 Å². The Labute approximate surface area is 118 Å². The Bertz CT molecular complexity index is 316. The van der Waals surface area contributed by atoms with Crippen LogP contribution >= 0.6 is 0 Å². The average molecular weight is 286 g/mol. The van der Waals surface area contributed by atoms with Crippen molar-refractivity contribution in [3.8, 4) is 0 Å². The summed E-state index contributed by atoms with van der Waals surface area (Å²) in [5.74, 6) is 0. The molecule has 1 rings (SSSR count). The van der Waals surface area contributed by atoms with Crippen LogP contribution in [0.15, 0.2) is 5.10 Å². The molecule has 112 valence electrons. The van der Waals surface area contributed by atoms with E-state index in [-0.39, 0.29) is 5.04 Å². The van der Waals surface area contributed by atoms with Gasteiger partial charge in [0.05, 0.1) is 12.7 Å². The summed E-state index contributed by atoms with van der Waals surface area (Å²) in [5.41, 5.74) is 2.67. The van der Waals surface area contributed by atoms with E-state index in [1.807, 2.05) is 6.21 Å². The molecule has 0 fully saturated rings. The largest absolute Gasteiger partial charge is 0.414 e. The van der Waals surface area contributed by atoms with E-state index in [2.05, 4.69) is 51.3 Å². The van der Waals surface area contributed by atoms with Crippen molar-refractivity contribution >= 4 is 14.5 Å². The summed E-state index contributed by atoms with van der Waals surface area (Å²) >= 11 is 0. The second-order valence-corrected chi connectivity index (χ2v) is 11.9. The molecular formula is C14H30N2O2Si. The molecule has 0 amide bonds. The molecule has 1 aliphatic heterocycles. The molecule has 2 N–H and O–H groups in total. The lowest BCUT2D eigenvalue weighted by Gasteiger charge is -2.41. The maximum atomic E-state index is 10.4. The molecule has 0 bridgehead atoms. The molecule has 2 atom stereocenters. The first kappa shape index (κ1) is 16.7. The fraction of sp³-hybridized carbons (Fsp3) is 0.929.